The lowest BCUT2D eigenvalue weighted by atomic mass is 10.2. The molecule has 1 aromatic heterocycles. The van der Waals surface area contributed by atoms with Crippen molar-refractivity contribution in [3.8, 4) is 0 Å². The van der Waals surface area contributed by atoms with Gasteiger partial charge in [-0.15, -0.1) is 0 Å². The molecule has 0 aliphatic heterocycles. The number of carbonyl (C=O) groups is 1. The van der Waals surface area contributed by atoms with Crippen LogP contribution in [0.2, 0.25) is 0 Å². The van der Waals surface area contributed by atoms with Gasteiger partial charge in [-0.2, -0.15) is 4.57 Å². The van der Waals surface area contributed by atoms with Crippen LogP contribution in [0.3, 0.4) is 0 Å². The predicted molar refractivity (Wildman–Crippen MR) is 60.8 cm³/mol. The zero-order chi connectivity index (χ0) is 11.4. The largest absolute Gasteiger partial charge is 0.461 e. The molecule has 0 aliphatic rings. The summed E-state index contributed by atoms with van der Waals surface area (Å²) < 4.78 is 6.83. The van der Waals surface area contributed by atoms with E-state index in [2.05, 4.69) is 0 Å². The van der Waals surface area contributed by atoms with Gasteiger partial charge in [-0.1, -0.05) is 12.1 Å². The lowest BCUT2D eigenvalue weighted by molar-refractivity contribution is -0.660. The maximum absolute atomic E-state index is 11.4. The third kappa shape index (κ3) is 2.19. The van der Waals surface area contributed by atoms with Gasteiger partial charge in [0.05, 0.1) is 6.61 Å². The van der Waals surface area contributed by atoms with Gasteiger partial charge >= 0.3 is 5.97 Å². The molecule has 0 N–H and O–H groups in total. The Morgan fingerprint density at radius 3 is 2.81 bits per heavy atom. The number of rotatable bonds is 3. The number of carbonyl (C=O) groups excluding carboxylic acids is 1. The summed E-state index contributed by atoms with van der Waals surface area (Å²) in [5.74, 6) is -0.205. The summed E-state index contributed by atoms with van der Waals surface area (Å²) in [6.07, 6.45) is 1.89. The molecule has 1 heterocycles. The van der Waals surface area contributed by atoms with Gasteiger partial charge in [-0.25, -0.2) is 4.79 Å². The molecule has 82 valence electrons. The summed E-state index contributed by atoms with van der Waals surface area (Å²) in [6, 6.07) is 11.9. The van der Waals surface area contributed by atoms with Gasteiger partial charge < -0.3 is 4.74 Å². The Kier molecular flexibility index (Phi) is 3.15. The zero-order valence-corrected chi connectivity index (χ0v) is 9.22. The molecule has 16 heavy (non-hydrogen) atoms. The van der Waals surface area contributed by atoms with Crippen molar-refractivity contribution in [3.05, 3.63) is 42.6 Å². The van der Waals surface area contributed by atoms with Crippen molar-refractivity contribution >= 4 is 16.9 Å². The van der Waals surface area contributed by atoms with Crippen molar-refractivity contribution in [2.75, 3.05) is 6.61 Å². The highest BCUT2D eigenvalue weighted by Gasteiger charge is 2.13. The number of hydrogen-bond donors (Lipinski definition) is 0. The summed E-state index contributed by atoms with van der Waals surface area (Å²) in [4.78, 5) is 11.4. The molecular weight excluding hydrogens is 202 g/mol. The van der Waals surface area contributed by atoms with Crippen LogP contribution < -0.4 is 4.57 Å². The van der Waals surface area contributed by atoms with Gasteiger partial charge in [0.2, 0.25) is 12.1 Å². The number of aromatic nitrogens is 1. The van der Waals surface area contributed by atoms with Crippen LogP contribution in [0.15, 0.2) is 42.6 Å². The Balaban J connectivity index is 2.33. The predicted octanol–water partition coefficient (Wildman–Crippen LogP) is 1.69. The molecule has 3 nitrogen and oxygen atoms in total. The van der Waals surface area contributed by atoms with E-state index in [9.17, 15) is 4.79 Å². The van der Waals surface area contributed by atoms with Crippen LogP contribution in [0.1, 0.15) is 6.92 Å². The lowest BCUT2D eigenvalue weighted by Gasteiger charge is -2.01. The molecule has 0 spiro atoms. The molecular formula is C13H14NO2+. The van der Waals surface area contributed by atoms with Crippen LogP contribution in [-0.2, 0) is 16.1 Å². The van der Waals surface area contributed by atoms with Crippen molar-refractivity contribution in [1.29, 1.82) is 0 Å². The summed E-state index contributed by atoms with van der Waals surface area (Å²) in [5, 5.41) is 1.12. The fourth-order valence-corrected chi connectivity index (χ4v) is 1.70. The van der Waals surface area contributed by atoms with E-state index in [0.29, 0.717) is 6.61 Å². The molecule has 0 fully saturated rings. The van der Waals surface area contributed by atoms with Crippen molar-refractivity contribution in [1.82, 2.24) is 0 Å². The van der Waals surface area contributed by atoms with Crippen LogP contribution in [0.4, 0.5) is 0 Å². The van der Waals surface area contributed by atoms with Crippen LogP contribution in [0.5, 0.6) is 0 Å². The second-order valence-corrected chi connectivity index (χ2v) is 3.50. The van der Waals surface area contributed by atoms with Crippen LogP contribution in [0.25, 0.3) is 10.9 Å². The van der Waals surface area contributed by atoms with E-state index in [0.717, 1.165) is 10.9 Å². The van der Waals surface area contributed by atoms with E-state index in [1.807, 2.05) is 54.1 Å². The fraction of sp³-hybridized carbons (Fsp3) is 0.231. The molecule has 1 aromatic carbocycles. The van der Waals surface area contributed by atoms with E-state index in [1.54, 1.807) is 0 Å². The first-order valence-electron chi connectivity index (χ1n) is 5.34. The standard InChI is InChI=1S/C13H14NO2/c1-2-16-13(15)10-14-9-5-7-11-6-3-4-8-12(11)14/h3-9H,2,10H2,1H3/q+1. The zero-order valence-electron chi connectivity index (χ0n) is 9.22. The van der Waals surface area contributed by atoms with E-state index < -0.39 is 0 Å². The number of esters is 1. The van der Waals surface area contributed by atoms with Crippen molar-refractivity contribution in [2.24, 2.45) is 0 Å². The van der Waals surface area contributed by atoms with Crippen molar-refractivity contribution < 1.29 is 14.1 Å². The maximum atomic E-state index is 11.4. The molecule has 0 amide bonds. The van der Waals surface area contributed by atoms with Crippen LogP contribution >= 0.6 is 0 Å². The SMILES string of the molecule is CCOC(=O)C[n+]1cccc2ccccc21. The second kappa shape index (κ2) is 4.75. The molecule has 0 bridgehead atoms. The van der Waals surface area contributed by atoms with Gasteiger partial charge in [0.15, 0.2) is 6.20 Å². The number of ether oxygens (including phenoxy) is 1. The van der Waals surface area contributed by atoms with Crippen molar-refractivity contribution in [3.63, 3.8) is 0 Å². The fourth-order valence-electron chi connectivity index (χ4n) is 1.70. The third-order valence-corrected chi connectivity index (χ3v) is 2.39. The van der Waals surface area contributed by atoms with Crippen molar-refractivity contribution in [2.45, 2.75) is 13.5 Å². The molecule has 2 rings (SSSR count). The summed E-state index contributed by atoms with van der Waals surface area (Å²) in [7, 11) is 0. The topological polar surface area (TPSA) is 30.2 Å². The highest BCUT2D eigenvalue weighted by molar-refractivity contribution is 5.75. The highest BCUT2D eigenvalue weighted by atomic mass is 16.5. The smallest absolute Gasteiger partial charge is 0.372 e. The summed E-state index contributed by atoms with van der Waals surface area (Å²) >= 11 is 0. The minimum atomic E-state index is -0.205. The number of para-hydroxylation sites is 1. The molecule has 0 atom stereocenters. The minimum absolute atomic E-state index is 0.205. The Morgan fingerprint density at radius 1 is 1.25 bits per heavy atom. The van der Waals surface area contributed by atoms with E-state index in [4.69, 9.17) is 4.74 Å². The van der Waals surface area contributed by atoms with Crippen LogP contribution in [0, 0.1) is 0 Å². The van der Waals surface area contributed by atoms with Gasteiger partial charge in [0.25, 0.3) is 0 Å². The molecule has 3 heteroatoms. The molecule has 2 aromatic rings. The van der Waals surface area contributed by atoms with Crippen LogP contribution in [-0.4, -0.2) is 12.6 Å². The number of nitrogens with zero attached hydrogens (tertiary/aromatic N) is 1. The first kappa shape index (κ1) is 10.6. The Hall–Kier alpha value is -1.90. The lowest BCUT2D eigenvalue weighted by Crippen LogP contribution is -2.38. The average molecular weight is 216 g/mol. The molecule has 0 radical (unpaired) electrons. The van der Waals surface area contributed by atoms with Gasteiger partial charge in [0.1, 0.15) is 0 Å². The van der Waals surface area contributed by atoms with Gasteiger partial charge in [0, 0.05) is 17.5 Å². The van der Waals surface area contributed by atoms with Gasteiger partial charge in [-0.05, 0) is 19.1 Å². The maximum Gasteiger partial charge on any atom is 0.372 e. The first-order chi connectivity index (χ1) is 7.81. The van der Waals surface area contributed by atoms with E-state index >= 15 is 0 Å². The second-order valence-electron chi connectivity index (χ2n) is 3.50. The third-order valence-electron chi connectivity index (χ3n) is 2.39. The monoisotopic (exact) mass is 216 g/mol. The Labute approximate surface area is 94.3 Å². The Morgan fingerprint density at radius 2 is 2.00 bits per heavy atom. The molecule has 0 aliphatic carbocycles. The summed E-state index contributed by atoms with van der Waals surface area (Å²) in [5.41, 5.74) is 1.04. The van der Waals surface area contributed by atoms with E-state index in [1.165, 1.54) is 0 Å². The normalized spacial score (nSPS) is 10.3. The number of pyridine rings is 1. The first-order valence-corrected chi connectivity index (χ1v) is 5.34. The minimum Gasteiger partial charge on any atom is -0.461 e. The number of hydrogen-bond acceptors (Lipinski definition) is 2. The van der Waals surface area contributed by atoms with Gasteiger partial charge in [-0.3, -0.25) is 0 Å². The number of benzene rings is 1. The molecule has 0 saturated heterocycles. The average Bonchev–Trinajstić information content (AvgIpc) is 2.30. The van der Waals surface area contributed by atoms with E-state index in [-0.39, 0.29) is 12.5 Å². The highest BCUT2D eigenvalue weighted by Crippen LogP contribution is 2.07. The molecule has 0 unspecified atom stereocenters. The number of fused-ring (bicyclic) bond motifs is 1. The Bertz CT molecular complexity index is 503. The summed E-state index contributed by atoms with van der Waals surface area (Å²) in [6.45, 7) is 2.49. The quantitative estimate of drug-likeness (QED) is 0.577. The molecule has 0 saturated carbocycles.